The van der Waals surface area contributed by atoms with Gasteiger partial charge in [0.25, 0.3) is 0 Å². The molecule has 0 saturated carbocycles. The molecule has 1 heterocycles. The molecule has 2 rings (SSSR count). The Bertz CT molecular complexity index is 436. The minimum atomic E-state index is 0.884. The maximum atomic E-state index is 5.84. The number of hydrogen-bond acceptors (Lipinski definition) is 2. The minimum absolute atomic E-state index is 0.884. The second-order valence-electron chi connectivity index (χ2n) is 2.43. The summed E-state index contributed by atoms with van der Waals surface area (Å²) in [5.74, 6) is 0. The first kappa shape index (κ1) is 9.01. The lowest BCUT2D eigenvalue weighted by Gasteiger charge is -2.01. The number of anilines is 1. The summed E-state index contributed by atoms with van der Waals surface area (Å²) in [6.07, 6.45) is 0. The van der Waals surface area contributed by atoms with Gasteiger partial charge < -0.3 is 5.73 Å². The van der Waals surface area contributed by atoms with E-state index < -0.39 is 0 Å². The summed E-state index contributed by atoms with van der Waals surface area (Å²) in [4.78, 5) is 0. The number of benzene rings is 1. The van der Waals surface area contributed by atoms with Gasteiger partial charge in [0.15, 0.2) is 0 Å². The van der Waals surface area contributed by atoms with Crippen LogP contribution in [0.2, 0.25) is 0 Å². The van der Waals surface area contributed by atoms with Crippen molar-refractivity contribution in [2.45, 2.75) is 0 Å². The summed E-state index contributed by atoms with van der Waals surface area (Å²) in [5.41, 5.74) is 6.72. The zero-order valence-corrected chi connectivity index (χ0v) is 11.1. The topological polar surface area (TPSA) is 26.0 Å². The normalized spacial score (nSPS) is 10.8. The predicted octanol–water partition coefficient (Wildman–Crippen LogP) is 3.69. The molecule has 1 nitrogen and oxygen atoms in total. The second kappa shape index (κ2) is 3.30. The predicted molar refractivity (Wildman–Crippen MR) is 71.7 cm³/mol. The molecule has 0 bridgehead atoms. The molecule has 0 radical (unpaired) electrons. The Kier molecular flexibility index (Phi) is 2.48. The van der Waals surface area contributed by atoms with Gasteiger partial charge in [-0.15, -0.1) is 11.3 Å². The van der Waals surface area contributed by atoms with E-state index in [0.29, 0.717) is 0 Å². The molecule has 0 atom stereocenters. The van der Waals surface area contributed by atoms with E-state index in [1.807, 2.05) is 6.07 Å². The molecule has 0 amide bonds. The Labute approximate surface area is 102 Å². The van der Waals surface area contributed by atoms with Crippen LogP contribution in [0.4, 0.5) is 5.69 Å². The first-order valence-electron chi connectivity index (χ1n) is 3.31. The van der Waals surface area contributed by atoms with Crippen molar-refractivity contribution in [3.63, 3.8) is 0 Å². The van der Waals surface area contributed by atoms with Crippen molar-refractivity contribution in [3.05, 3.63) is 24.7 Å². The van der Waals surface area contributed by atoms with Gasteiger partial charge in [0.05, 0.1) is 3.57 Å². The van der Waals surface area contributed by atoms with Crippen LogP contribution in [0.15, 0.2) is 17.5 Å². The summed E-state index contributed by atoms with van der Waals surface area (Å²) in [6, 6.07) is 4.19. The Morgan fingerprint density at radius 3 is 2.75 bits per heavy atom. The SMILES string of the molecule is Nc1cc2sccc2c(I)c1I. The number of nitrogens with two attached hydrogens (primary N) is 1. The molecular weight excluding hydrogens is 396 g/mol. The average Bonchev–Trinajstić information content (AvgIpc) is 2.48. The van der Waals surface area contributed by atoms with Gasteiger partial charge >= 0.3 is 0 Å². The Hall–Kier alpha value is 0.440. The molecule has 0 aliphatic heterocycles. The molecule has 0 aliphatic rings. The fourth-order valence-electron chi connectivity index (χ4n) is 1.06. The van der Waals surface area contributed by atoms with Gasteiger partial charge in [-0.3, -0.25) is 0 Å². The van der Waals surface area contributed by atoms with Crippen molar-refractivity contribution in [3.8, 4) is 0 Å². The van der Waals surface area contributed by atoms with Gasteiger partial charge in [-0.25, -0.2) is 0 Å². The standard InChI is InChI=1S/C8H5I2NS/c9-7-4-1-2-12-6(4)3-5(11)8(7)10/h1-3H,11H2. The van der Waals surface area contributed by atoms with Crippen LogP contribution < -0.4 is 5.73 Å². The molecule has 0 spiro atoms. The Morgan fingerprint density at radius 1 is 1.25 bits per heavy atom. The molecule has 2 aromatic rings. The lowest BCUT2D eigenvalue weighted by atomic mass is 10.2. The highest BCUT2D eigenvalue weighted by Crippen LogP contribution is 2.32. The van der Waals surface area contributed by atoms with Gasteiger partial charge in [0.2, 0.25) is 0 Å². The van der Waals surface area contributed by atoms with Crippen molar-refractivity contribution < 1.29 is 0 Å². The molecule has 1 aromatic carbocycles. The van der Waals surface area contributed by atoms with Gasteiger partial charge in [-0.1, -0.05) is 0 Å². The van der Waals surface area contributed by atoms with Crippen molar-refractivity contribution in [2.24, 2.45) is 0 Å². The van der Waals surface area contributed by atoms with E-state index in [-0.39, 0.29) is 0 Å². The van der Waals surface area contributed by atoms with E-state index in [4.69, 9.17) is 5.73 Å². The fourth-order valence-corrected chi connectivity index (χ4v) is 3.32. The van der Waals surface area contributed by atoms with Gasteiger partial charge in [-0.05, 0) is 62.7 Å². The molecule has 62 valence electrons. The number of thiophene rings is 1. The van der Waals surface area contributed by atoms with E-state index in [9.17, 15) is 0 Å². The summed E-state index contributed by atoms with van der Waals surface area (Å²) in [5, 5.41) is 3.42. The second-order valence-corrected chi connectivity index (χ2v) is 5.53. The highest BCUT2D eigenvalue weighted by Gasteiger charge is 2.06. The quantitative estimate of drug-likeness (QED) is 0.529. The van der Waals surface area contributed by atoms with Crippen LogP contribution in [0.1, 0.15) is 0 Å². The molecular formula is C8H5I2NS. The first-order chi connectivity index (χ1) is 5.70. The number of rotatable bonds is 0. The van der Waals surface area contributed by atoms with Crippen molar-refractivity contribution in [2.75, 3.05) is 5.73 Å². The van der Waals surface area contributed by atoms with Gasteiger partial charge in [0, 0.05) is 19.3 Å². The molecule has 0 unspecified atom stereocenters. The third kappa shape index (κ3) is 1.33. The van der Waals surface area contributed by atoms with Crippen LogP contribution in [0, 0.1) is 7.14 Å². The Balaban J connectivity index is 2.94. The third-order valence-corrected chi connectivity index (χ3v) is 5.84. The van der Waals surface area contributed by atoms with Crippen molar-refractivity contribution >= 4 is 72.3 Å². The van der Waals surface area contributed by atoms with E-state index in [1.165, 1.54) is 17.2 Å². The van der Waals surface area contributed by atoms with Crippen LogP contribution in [-0.2, 0) is 0 Å². The van der Waals surface area contributed by atoms with Crippen LogP contribution in [0.5, 0.6) is 0 Å². The van der Waals surface area contributed by atoms with E-state index in [1.54, 1.807) is 11.3 Å². The monoisotopic (exact) mass is 401 g/mol. The number of halogens is 2. The molecule has 12 heavy (non-hydrogen) atoms. The molecule has 4 heteroatoms. The fraction of sp³-hybridized carbons (Fsp3) is 0. The number of hydrogen-bond donors (Lipinski definition) is 1. The highest BCUT2D eigenvalue weighted by atomic mass is 127. The zero-order chi connectivity index (χ0) is 8.72. The van der Waals surface area contributed by atoms with Gasteiger partial charge in [0.1, 0.15) is 0 Å². The molecule has 1 aromatic heterocycles. The summed E-state index contributed by atoms with van der Waals surface area (Å²) < 4.78 is 3.71. The first-order valence-corrected chi connectivity index (χ1v) is 6.34. The minimum Gasteiger partial charge on any atom is -0.398 e. The lowest BCUT2D eigenvalue weighted by Crippen LogP contribution is -1.91. The van der Waals surface area contributed by atoms with Gasteiger partial charge in [-0.2, -0.15) is 0 Å². The van der Waals surface area contributed by atoms with Crippen LogP contribution >= 0.6 is 56.5 Å². The number of nitrogen functional groups attached to an aromatic ring is 1. The third-order valence-electron chi connectivity index (χ3n) is 1.66. The molecule has 0 aliphatic carbocycles. The molecule has 0 saturated heterocycles. The summed E-state index contributed by atoms with van der Waals surface area (Å²) in [6.45, 7) is 0. The van der Waals surface area contributed by atoms with Crippen molar-refractivity contribution in [1.82, 2.24) is 0 Å². The Morgan fingerprint density at radius 2 is 2.00 bits per heavy atom. The maximum Gasteiger partial charge on any atom is 0.0500 e. The maximum absolute atomic E-state index is 5.84. The summed E-state index contributed by atoms with van der Waals surface area (Å²) >= 11 is 6.37. The van der Waals surface area contributed by atoms with Crippen LogP contribution in [0.3, 0.4) is 0 Å². The molecule has 0 fully saturated rings. The van der Waals surface area contributed by atoms with Crippen molar-refractivity contribution in [1.29, 1.82) is 0 Å². The average molecular weight is 401 g/mol. The lowest BCUT2D eigenvalue weighted by molar-refractivity contribution is 1.66. The van der Waals surface area contributed by atoms with Crippen LogP contribution in [0.25, 0.3) is 10.1 Å². The smallest absolute Gasteiger partial charge is 0.0500 e. The van der Waals surface area contributed by atoms with E-state index >= 15 is 0 Å². The van der Waals surface area contributed by atoms with E-state index in [0.717, 1.165) is 5.69 Å². The summed E-state index contributed by atoms with van der Waals surface area (Å²) in [7, 11) is 0. The van der Waals surface area contributed by atoms with E-state index in [2.05, 4.69) is 56.6 Å². The highest BCUT2D eigenvalue weighted by molar-refractivity contribution is 14.1. The largest absolute Gasteiger partial charge is 0.398 e. The molecule has 2 N–H and O–H groups in total. The van der Waals surface area contributed by atoms with Crippen LogP contribution in [-0.4, -0.2) is 0 Å². The number of fused-ring (bicyclic) bond motifs is 1. The zero-order valence-electron chi connectivity index (χ0n) is 5.97.